The molecule has 0 radical (unpaired) electrons. The van der Waals surface area contributed by atoms with Crippen molar-refractivity contribution < 1.29 is 14.6 Å². The minimum Gasteiger partial charge on any atom is -0.501 e. The lowest BCUT2D eigenvalue weighted by atomic mass is 10.2. The van der Waals surface area contributed by atoms with Crippen LogP contribution in [0.15, 0.2) is 23.1 Å². The molecule has 0 unspecified atom stereocenters. The zero-order valence-electron chi connectivity index (χ0n) is 8.44. The molecule has 0 aliphatic rings. The molecule has 0 saturated carbocycles. The number of hydrogen-bond acceptors (Lipinski definition) is 4. The summed E-state index contributed by atoms with van der Waals surface area (Å²) in [5.74, 6) is -1.27. The number of aliphatic hydroxyl groups excluding tert-OH is 1. The Labute approximate surface area is 82.3 Å². The molecule has 0 bridgehead atoms. The molecule has 0 rings (SSSR count). The molecule has 0 heterocycles. The topological polar surface area (TPSA) is 74.7 Å². The first-order valence-electron chi connectivity index (χ1n) is 4.13. The van der Waals surface area contributed by atoms with E-state index in [-0.39, 0.29) is 6.61 Å². The molecule has 14 heavy (non-hydrogen) atoms. The van der Waals surface area contributed by atoms with Crippen LogP contribution in [-0.4, -0.2) is 17.7 Å². The number of carbonyl (C=O) groups is 1. The van der Waals surface area contributed by atoms with Crippen LogP contribution in [-0.2, 0) is 9.53 Å². The second-order valence-corrected chi connectivity index (χ2v) is 2.78. The van der Waals surface area contributed by atoms with Gasteiger partial charge < -0.3 is 9.84 Å². The maximum atomic E-state index is 11.1. The monoisotopic (exact) mass is 197 g/mol. The van der Waals surface area contributed by atoms with Crippen molar-refractivity contribution in [2.45, 2.75) is 20.8 Å². The number of diazo groups is 1. The molecule has 5 heteroatoms. The van der Waals surface area contributed by atoms with E-state index >= 15 is 0 Å². The summed E-state index contributed by atoms with van der Waals surface area (Å²) in [6, 6.07) is 0. The standard InChI is InChI=1S/C9H12N2O3/c1-4-14-9(13)8(11-10)7(12)5-6(2)3/h5H,4H2,1-3H3/p+1. The maximum absolute atomic E-state index is 11.1. The zero-order valence-corrected chi connectivity index (χ0v) is 8.44. The summed E-state index contributed by atoms with van der Waals surface area (Å²) in [5.41, 5.74) is 0.279. The van der Waals surface area contributed by atoms with E-state index in [1.165, 1.54) is 6.08 Å². The number of carbonyl (C=O) groups excluding carboxylic acids is 1. The highest BCUT2D eigenvalue weighted by atomic mass is 16.5. The highest BCUT2D eigenvalue weighted by Crippen LogP contribution is 2.09. The van der Waals surface area contributed by atoms with Crippen molar-refractivity contribution in [1.82, 2.24) is 0 Å². The van der Waals surface area contributed by atoms with Crippen LogP contribution in [0.1, 0.15) is 20.8 Å². The van der Waals surface area contributed by atoms with E-state index < -0.39 is 17.4 Å². The summed E-state index contributed by atoms with van der Waals surface area (Å²) >= 11 is 0. The lowest BCUT2D eigenvalue weighted by Gasteiger charge is -1.93. The summed E-state index contributed by atoms with van der Waals surface area (Å²) in [7, 11) is 0. The normalized spacial score (nSPS) is 11.0. The first-order valence-corrected chi connectivity index (χ1v) is 4.13. The van der Waals surface area contributed by atoms with Crippen molar-refractivity contribution in [3.63, 3.8) is 0 Å². The number of rotatable bonds is 3. The second kappa shape index (κ2) is 5.75. The van der Waals surface area contributed by atoms with Crippen molar-refractivity contribution in [1.29, 1.82) is 5.39 Å². The van der Waals surface area contributed by atoms with Gasteiger partial charge in [0.1, 0.15) is 0 Å². The number of hydrogen-bond donors (Lipinski definition) is 1. The summed E-state index contributed by atoms with van der Waals surface area (Å²) in [6.45, 7) is 5.23. The first kappa shape index (κ1) is 12.2. The summed E-state index contributed by atoms with van der Waals surface area (Å²) < 4.78 is 4.56. The Kier molecular flexibility index (Phi) is 5.00. The Balaban J connectivity index is 4.97. The molecule has 0 aliphatic carbocycles. The Hall–Kier alpha value is -1.83. The van der Waals surface area contributed by atoms with Crippen LogP contribution in [0.5, 0.6) is 0 Å². The third-order valence-electron chi connectivity index (χ3n) is 1.24. The smallest absolute Gasteiger partial charge is 0.501 e. The van der Waals surface area contributed by atoms with Crippen LogP contribution in [0.4, 0.5) is 0 Å². The average Bonchev–Trinajstić information content (AvgIpc) is 2.04. The molecule has 1 N–H and O–H groups in total. The largest absolute Gasteiger partial charge is 0.509 e. The zero-order chi connectivity index (χ0) is 11.1. The van der Waals surface area contributed by atoms with Gasteiger partial charge in [0.05, 0.1) is 6.61 Å². The van der Waals surface area contributed by atoms with Crippen molar-refractivity contribution >= 4 is 5.97 Å². The predicted octanol–water partition coefficient (Wildman–Crippen LogP) is 2.14. The van der Waals surface area contributed by atoms with Gasteiger partial charge in [0.15, 0.2) is 4.98 Å². The van der Waals surface area contributed by atoms with Gasteiger partial charge in [0, 0.05) is 0 Å². The number of allylic oxidation sites excluding steroid dienone is 2. The van der Waals surface area contributed by atoms with Crippen LogP contribution in [0.2, 0.25) is 0 Å². The van der Waals surface area contributed by atoms with Crippen LogP contribution in [0, 0.1) is 5.39 Å². The molecule has 0 amide bonds. The fraction of sp³-hybridized carbons (Fsp3) is 0.444. The van der Waals surface area contributed by atoms with Crippen LogP contribution < -0.4 is 0 Å². The quantitative estimate of drug-likeness (QED) is 0.247. The SMILES string of the molecule is CCOC(=O)/C([N+]#N)=C(\O)C=C(C)C. The van der Waals surface area contributed by atoms with Crippen LogP contribution in [0.25, 0.3) is 4.98 Å². The maximum Gasteiger partial charge on any atom is 0.509 e. The van der Waals surface area contributed by atoms with Crippen LogP contribution in [0.3, 0.4) is 0 Å². The second-order valence-electron chi connectivity index (χ2n) is 2.78. The molecule has 0 aromatic carbocycles. The fourth-order valence-corrected chi connectivity index (χ4v) is 0.738. The third kappa shape index (κ3) is 3.72. The van der Waals surface area contributed by atoms with Crippen LogP contribution >= 0.6 is 0 Å². The van der Waals surface area contributed by atoms with E-state index in [1.54, 1.807) is 20.8 Å². The number of nitrogens with zero attached hydrogens (tertiary/aromatic N) is 2. The van der Waals surface area contributed by atoms with Crippen molar-refractivity contribution in [3.05, 3.63) is 28.1 Å². The molecular weight excluding hydrogens is 184 g/mol. The lowest BCUT2D eigenvalue weighted by Crippen LogP contribution is -2.07. The lowest BCUT2D eigenvalue weighted by molar-refractivity contribution is -0.138. The van der Waals surface area contributed by atoms with E-state index in [2.05, 4.69) is 9.71 Å². The Morgan fingerprint density at radius 2 is 2.14 bits per heavy atom. The highest BCUT2D eigenvalue weighted by Gasteiger charge is 2.29. The van der Waals surface area contributed by atoms with Gasteiger partial charge >= 0.3 is 11.7 Å². The number of aliphatic hydroxyl groups is 1. The molecule has 5 nitrogen and oxygen atoms in total. The van der Waals surface area contributed by atoms with E-state index in [4.69, 9.17) is 5.39 Å². The minimum absolute atomic E-state index is 0.153. The molecule has 76 valence electrons. The molecule has 0 atom stereocenters. The van der Waals surface area contributed by atoms with Gasteiger partial charge in [-0.2, -0.15) is 0 Å². The van der Waals surface area contributed by atoms with Gasteiger partial charge in [0.2, 0.25) is 11.2 Å². The van der Waals surface area contributed by atoms with Crippen molar-refractivity contribution in [2.75, 3.05) is 6.61 Å². The molecule has 0 aromatic heterocycles. The average molecular weight is 197 g/mol. The first-order chi connectivity index (χ1) is 6.52. The molecule has 0 fully saturated rings. The Bertz CT molecular complexity index is 319. The van der Waals surface area contributed by atoms with E-state index in [9.17, 15) is 9.90 Å². The fourth-order valence-electron chi connectivity index (χ4n) is 0.738. The van der Waals surface area contributed by atoms with Crippen molar-refractivity contribution in [3.8, 4) is 0 Å². The summed E-state index contributed by atoms with van der Waals surface area (Å²) in [4.78, 5) is 13.7. The Morgan fingerprint density at radius 3 is 2.50 bits per heavy atom. The molecule has 0 aromatic rings. The van der Waals surface area contributed by atoms with Gasteiger partial charge in [-0.05, 0) is 26.8 Å². The number of ether oxygens (including phenoxy) is 1. The molecule has 0 saturated heterocycles. The van der Waals surface area contributed by atoms with Crippen molar-refractivity contribution in [2.24, 2.45) is 0 Å². The summed E-state index contributed by atoms with van der Waals surface area (Å²) in [5, 5.41) is 17.8. The van der Waals surface area contributed by atoms with Gasteiger partial charge in [-0.25, -0.2) is 4.79 Å². The van der Waals surface area contributed by atoms with E-state index in [0.717, 1.165) is 5.57 Å². The van der Waals surface area contributed by atoms with Gasteiger partial charge in [-0.3, -0.25) is 0 Å². The molecule has 0 aliphatic heterocycles. The highest BCUT2D eigenvalue weighted by molar-refractivity contribution is 5.91. The van der Waals surface area contributed by atoms with E-state index in [1.807, 2.05) is 0 Å². The number of esters is 1. The van der Waals surface area contributed by atoms with Gasteiger partial charge in [-0.15, -0.1) is 0 Å². The summed E-state index contributed by atoms with van der Waals surface area (Å²) in [6.07, 6.45) is 1.31. The molecular formula is C9H13N2O3+. The Morgan fingerprint density at radius 1 is 1.57 bits per heavy atom. The molecule has 0 spiro atoms. The van der Waals surface area contributed by atoms with E-state index in [0.29, 0.717) is 0 Å². The van der Waals surface area contributed by atoms with Gasteiger partial charge in [0.25, 0.3) is 0 Å². The minimum atomic E-state index is -0.856. The third-order valence-corrected chi connectivity index (χ3v) is 1.24. The van der Waals surface area contributed by atoms with Gasteiger partial charge in [-0.1, -0.05) is 5.57 Å². The predicted molar refractivity (Wildman–Crippen MR) is 50.8 cm³/mol.